The van der Waals surface area contributed by atoms with Crippen LogP contribution in [0.1, 0.15) is 40.0 Å². The van der Waals surface area contributed by atoms with Crippen molar-refractivity contribution in [2.45, 2.75) is 46.1 Å². The summed E-state index contributed by atoms with van der Waals surface area (Å²) < 4.78 is 5.53. The van der Waals surface area contributed by atoms with Crippen LogP contribution in [0, 0.1) is 5.92 Å². The smallest absolute Gasteiger partial charge is 0.0992 e. The third-order valence-electron chi connectivity index (χ3n) is 3.14. The van der Waals surface area contributed by atoms with Crippen molar-refractivity contribution < 1.29 is 4.74 Å². The normalized spacial score (nSPS) is 22.9. The minimum Gasteiger partial charge on any atom is -0.366 e. The van der Waals surface area contributed by atoms with Gasteiger partial charge in [-0.15, -0.1) is 0 Å². The highest BCUT2D eigenvalue weighted by Crippen LogP contribution is 2.16. The lowest BCUT2D eigenvalue weighted by atomic mass is 10.0. The van der Waals surface area contributed by atoms with E-state index >= 15 is 0 Å². The predicted octanol–water partition coefficient (Wildman–Crippen LogP) is 2.08. The van der Waals surface area contributed by atoms with Crippen LogP contribution in [0.25, 0.3) is 0 Å². The largest absolute Gasteiger partial charge is 0.366 e. The standard InChI is InChI=1S/C13H28N2O/c1-4-16-11-15-8-6-5-7-13(15)10-14-9-12(2)3/h12-14H,4-11H2,1-3H3. The maximum atomic E-state index is 5.53. The molecule has 3 heteroatoms. The van der Waals surface area contributed by atoms with Crippen LogP contribution in [0.2, 0.25) is 0 Å². The zero-order chi connectivity index (χ0) is 11.8. The number of nitrogens with zero attached hydrogens (tertiary/aromatic N) is 1. The number of nitrogens with one attached hydrogen (secondary N) is 1. The van der Waals surface area contributed by atoms with Gasteiger partial charge in [0.2, 0.25) is 0 Å². The third kappa shape index (κ3) is 5.28. The van der Waals surface area contributed by atoms with Crippen molar-refractivity contribution in [3.63, 3.8) is 0 Å². The molecule has 1 atom stereocenters. The molecular formula is C13H28N2O. The first-order valence-corrected chi connectivity index (χ1v) is 6.76. The van der Waals surface area contributed by atoms with Crippen LogP contribution in [0.5, 0.6) is 0 Å². The number of likely N-dealkylation sites (tertiary alicyclic amines) is 1. The molecule has 96 valence electrons. The Labute approximate surface area is 101 Å². The molecule has 3 nitrogen and oxygen atoms in total. The summed E-state index contributed by atoms with van der Waals surface area (Å²) >= 11 is 0. The number of piperidine rings is 1. The summed E-state index contributed by atoms with van der Waals surface area (Å²) in [6.07, 6.45) is 4.02. The fourth-order valence-corrected chi connectivity index (χ4v) is 2.21. The summed E-state index contributed by atoms with van der Waals surface area (Å²) in [6, 6.07) is 0.680. The lowest BCUT2D eigenvalue weighted by Gasteiger charge is -2.35. The average molecular weight is 228 g/mol. The SMILES string of the molecule is CCOCN1CCCCC1CNCC(C)C. The molecular weight excluding hydrogens is 200 g/mol. The summed E-state index contributed by atoms with van der Waals surface area (Å²) in [5.74, 6) is 0.740. The van der Waals surface area contributed by atoms with E-state index in [-0.39, 0.29) is 0 Å². The van der Waals surface area contributed by atoms with Gasteiger partial charge in [0.1, 0.15) is 0 Å². The molecule has 0 bridgehead atoms. The van der Waals surface area contributed by atoms with Crippen molar-refractivity contribution in [1.82, 2.24) is 10.2 Å². The lowest BCUT2D eigenvalue weighted by molar-refractivity contribution is -0.00431. The van der Waals surface area contributed by atoms with E-state index in [0.29, 0.717) is 6.04 Å². The Balaban J connectivity index is 2.23. The number of hydrogen-bond donors (Lipinski definition) is 1. The van der Waals surface area contributed by atoms with E-state index in [1.807, 2.05) is 0 Å². The molecule has 1 rings (SSSR count). The van der Waals surface area contributed by atoms with Gasteiger partial charge in [-0.3, -0.25) is 4.90 Å². The van der Waals surface area contributed by atoms with Crippen molar-refractivity contribution in [2.24, 2.45) is 5.92 Å². The fourth-order valence-electron chi connectivity index (χ4n) is 2.21. The van der Waals surface area contributed by atoms with Crippen molar-refractivity contribution in [1.29, 1.82) is 0 Å². The van der Waals surface area contributed by atoms with Crippen LogP contribution in [-0.2, 0) is 4.74 Å². The molecule has 0 aromatic heterocycles. The molecule has 0 amide bonds. The van der Waals surface area contributed by atoms with Gasteiger partial charge in [0.05, 0.1) is 6.73 Å². The van der Waals surface area contributed by atoms with Gasteiger partial charge < -0.3 is 10.1 Å². The highest BCUT2D eigenvalue weighted by molar-refractivity contribution is 4.77. The van der Waals surface area contributed by atoms with E-state index in [4.69, 9.17) is 4.74 Å². The quantitative estimate of drug-likeness (QED) is 0.722. The maximum absolute atomic E-state index is 5.53. The average Bonchev–Trinajstić information content (AvgIpc) is 2.27. The predicted molar refractivity (Wildman–Crippen MR) is 68.5 cm³/mol. The van der Waals surface area contributed by atoms with E-state index in [2.05, 4.69) is 31.0 Å². The molecule has 1 aliphatic heterocycles. The molecule has 0 saturated carbocycles. The molecule has 0 aromatic rings. The molecule has 0 radical (unpaired) electrons. The summed E-state index contributed by atoms with van der Waals surface area (Å²) in [5, 5.41) is 3.56. The van der Waals surface area contributed by atoms with Crippen molar-refractivity contribution >= 4 is 0 Å². The Hall–Kier alpha value is -0.120. The third-order valence-corrected chi connectivity index (χ3v) is 3.14. The van der Waals surface area contributed by atoms with E-state index in [1.165, 1.54) is 25.8 Å². The second-order valence-corrected chi connectivity index (χ2v) is 5.14. The van der Waals surface area contributed by atoms with Crippen molar-refractivity contribution in [2.75, 3.05) is 33.0 Å². The second-order valence-electron chi connectivity index (χ2n) is 5.14. The Morgan fingerprint density at radius 1 is 1.38 bits per heavy atom. The highest BCUT2D eigenvalue weighted by Gasteiger charge is 2.21. The minimum absolute atomic E-state index is 0.680. The number of rotatable bonds is 7. The van der Waals surface area contributed by atoms with Gasteiger partial charge in [0, 0.05) is 25.7 Å². The summed E-state index contributed by atoms with van der Waals surface area (Å²) in [5.41, 5.74) is 0. The van der Waals surface area contributed by atoms with Crippen molar-refractivity contribution in [3.05, 3.63) is 0 Å². The summed E-state index contributed by atoms with van der Waals surface area (Å²) in [7, 11) is 0. The van der Waals surface area contributed by atoms with E-state index < -0.39 is 0 Å². The molecule has 0 spiro atoms. The molecule has 0 aromatic carbocycles. The number of ether oxygens (including phenoxy) is 1. The van der Waals surface area contributed by atoms with Crippen LogP contribution in [0.15, 0.2) is 0 Å². The first kappa shape index (κ1) is 13.9. The first-order valence-electron chi connectivity index (χ1n) is 6.76. The topological polar surface area (TPSA) is 24.5 Å². The summed E-state index contributed by atoms with van der Waals surface area (Å²) in [4.78, 5) is 2.49. The highest BCUT2D eigenvalue weighted by atomic mass is 16.5. The summed E-state index contributed by atoms with van der Waals surface area (Å²) in [6.45, 7) is 11.7. The van der Waals surface area contributed by atoms with Gasteiger partial charge in [-0.05, 0) is 32.2 Å². The van der Waals surface area contributed by atoms with E-state index in [9.17, 15) is 0 Å². The zero-order valence-corrected chi connectivity index (χ0v) is 11.2. The monoisotopic (exact) mass is 228 g/mol. The Morgan fingerprint density at radius 3 is 2.88 bits per heavy atom. The lowest BCUT2D eigenvalue weighted by Crippen LogP contribution is -2.46. The van der Waals surface area contributed by atoms with Crippen LogP contribution in [0.3, 0.4) is 0 Å². The van der Waals surface area contributed by atoms with Crippen LogP contribution in [-0.4, -0.2) is 43.9 Å². The van der Waals surface area contributed by atoms with Gasteiger partial charge in [0.15, 0.2) is 0 Å². The second kappa shape index (κ2) is 8.04. The van der Waals surface area contributed by atoms with Gasteiger partial charge in [-0.1, -0.05) is 20.3 Å². The first-order chi connectivity index (χ1) is 7.74. The molecule has 1 N–H and O–H groups in total. The molecule has 16 heavy (non-hydrogen) atoms. The molecule has 1 fully saturated rings. The van der Waals surface area contributed by atoms with Crippen LogP contribution >= 0.6 is 0 Å². The van der Waals surface area contributed by atoms with E-state index in [1.54, 1.807) is 0 Å². The zero-order valence-electron chi connectivity index (χ0n) is 11.2. The van der Waals surface area contributed by atoms with Crippen LogP contribution in [0.4, 0.5) is 0 Å². The van der Waals surface area contributed by atoms with Gasteiger partial charge in [0.25, 0.3) is 0 Å². The molecule has 1 aliphatic rings. The maximum Gasteiger partial charge on any atom is 0.0992 e. The molecule has 1 saturated heterocycles. The van der Waals surface area contributed by atoms with Gasteiger partial charge in [-0.25, -0.2) is 0 Å². The van der Waals surface area contributed by atoms with E-state index in [0.717, 1.165) is 32.3 Å². The Kier molecular flexibility index (Phi) is 7.01. The number of hydrogen-bond acceptors (Lipinski definition) is 3. The Morgan fingerprint density at radius 2 is 2.19 bits per heavy atom. The Bertz CT molecular complexity index is 173. The van der Waals surface area contributed by atoms with Gasteiger partial charge >= 0.3 is 0 Å². The van der Waals surface area contributed by atoms with Gasteiger partial charge in [-0.2, -0.15) is 0 Å². The fraction of sp³-hybridized carbons (Fsp3) is 1.00. The van der Waals surface area contributed by atoms with Crippen LogP contribution < -0.4 is 5.32 Å². The molecule has 0 aliphatic carbocycles. The molecule has 1 heterocycles. The molecule has 1 unspecified atom stereocenters. The van der Waals surface area contributed by atoms with Crippen molar-refractivity contribution in [3.8, 4) is 0 Å². The minimum atomic E-state index is 0.680.